The summed E-state index contributed by atoms with van der Waals surface area (Å²) in [5.41, 5.74) is 6.42. The third-order valence-electron chi connectivity index (χ3n) is 18.4. The molecule has 15 heteroatoms. The van der Waals surface area contributed by atoms with Crippen LogP contribution >= 0.6 is 21.6 Å². The number of benzene rings is 1. The molecule has 10 N–H and O–H groups in total. The third-order valence-corrected chi connectivity index (χ3v) is 21.2. The van der Waals surface area contributed by atoms with E-state index in [1.54, 1.807) is 6.07 Å². The SMILES string of the molecule is CC(=O)OC1CC(O)CCC23C#CC4CC5C#CC(CNCC6(C5)CC(CCN6)Oc5cc(c(C(O)O)cc5O)CC41)SSCC1(CC4(CCCC4)CCC14CCCC4)NC(N)=NC2C=CCC3O. The number of piperidine rings is 1. The fourth-order valence-corrected chi connectivity index (χ4v) is 17.8. The number of guanidine groups is 1. The average molecular weight is 986 g/mol. The predicted molar refractivity (Wildman–Crippen MR) is 270 cm³/mol. The molecule has 5 spiro atoms. The van der Waals surface area contributed by atoms with Gasteiger partial charge in [-0.2, -0.15) is 0 Å². The number of nitrogens with zero attached hydrogens (tertiary/aromatic N) is 1. The zero-order valence-electron chi connectivity index (χ0n) is 40.4. The number of ether oxygens (including phenoxy) is 2. The summed E-state index contributed by atoms with van der Waals surface area (Å²) in [5.74, 6) is 14.6. The Morgan fingerprint density at radius 3 is 2.61 bits per heavy atom. The highest BCUT2D eigenvalue weighted by Crippen LogP contribution is 2.64. The Labute approximate surface area is 416 Å². The lowest BCUT2D eigenvalue weighted by atomic mass is 9.53. The van der Waals surface area contributed by atoms with Crippen molar-refractivity contribution in [3.63, 3.8) is 0 Å². The molecule has 10 rings (SSSR count). The molecule has 4 aliphatic heterocycles. The van der Waals surface area contributed by atoms with Gasteiger partial charge in [0.05, 0.1) is 34.5 Å². The van der Waals surface area contributed by atoms with Crippen LogP contribution in [0.3, 0.4) is 0 Å². The first kappa shape index (κ1) is 49.5. The van der Waals surface area contributed by atoms with Gasteiger partial charge >= 0.3 is 5.97 Å². The number of aliphatic imine (C=N–C) groups is 1. The first-order valence-electron chi connectivity index (χ1n) is 26.2. The number of nitrogens with two attached hydrogens (primary N) is 1. The van der Waals surface area contributed by atoms with Gasteiger partial charge < -0.3 is 56.7 Å². The molecule has 13 nitrogen and oxygen atoms in total. The third kappa shape index (κ3) is 10.0. The fraction of sp³-hybridized carbons (Fsp3) is 0.741. The first-order chi connectivity index (χ1) is 33.2. The van der Waals surface area contributed by atoms with Crippen LogP contribution in [0, 0.1) is 57.7 Å². The van der Waals surface area contributed by atoms with Gasteiger partial charge in [-0.15, -0.1) is 0 Å². The minimum Gasteiger partial charge on any atom is -0.504 e. The number of aromatic hydroxyl groups is 1. The van der Waals surface area contributed by atoms with Crippen LogP contribution in [0.25, 0.3) is 0 Å². The number of esters is 1. The highest BCUT2D eigenvalue weighted by atomic mass is 33.1. The molecule has 12 atom stereocenters. The molecule has 3 saturated carbocycles. The largest absolute Gasteiger partial charge is 0.504 e. The number of aliphatic hydroxyl groups excluding tert-OH is 3. The van der Waals surface area contributed by atoms with E-state index in [9.17, 15) is 30.3 Å². The smallest absolute Gasteiger partial charge is 0.302 e. The summed E-state index contributed by atoms with van der Waals surface area (Å²) in [6, 6.07) is 2.42. The summed E-state index contributed by atoms with van der Waals surface area (Å²) in [5, 5.41) is 69.5. The van der Waals surface area contributed by atoms with Crippen molar-refractivity contribution in [1.82, 2.24) is 16.0 Å². The number of hydrogen-bond acceptors (Lipinski definition) is 15. The first-order valence-corrected chi connectivity index (χ1v) is 28.6. The normalized spacial score (nSPS) is 39.4. The van der Waals surface area contributed by atoms with Crippen LogP contribution in [0.5, 0.6) is 11.5 Å². The topological polar surface area (TPSA) is 211 Å². The molecule has 1 aromatic carbocycles. The van der Waals surface area contributed by atoms with Gasteiger partial charge in [-0.25, -0.2) is 4.99 Å². The molecule has 0 amide bonds. The molecule has 12 unspecified atom stereocenters. The van der Waals surface area contributed by atoms with E-state index in [4.69, 9.17) is 20.2 Å². The van der Waals surface area contributed by atoms with E-state index in [-0.39, 0.29) is 70.0 Å². The van der Waals surface area contributed by atoms with Gasteiger partial charge in [0.2, 0.25) is 0 Å². The highest BCUT2D eigenvalue weighted by Gasteiger charge is 2.60. The van der Waals surface area contributed by atoms with Crippen molar-refractivity contribution in [3.05, 3.63) is 35.4 Å². The number of carbonyl (C=O) groups excluding carboxylic acids is 1. The molecule has 9 aliphatic rings. The van der Waals surface area contributed by atoms with Crippen LogP contribution in [-0.4, -0.2) is 110 Å². The van der Waals surface area contributed by atoms with Crippen LogP contribution in [0.4, 0.5) is 0 Å². The number of aliphatic hydroxyl groups is 4. The van der Waals surface area contributed by atoms with Crippen molar-refractivity contribution in [1.29, 1.82) is 0 Å². The van der Waals surface area contributed by atoms with Crippen molar-refractivity contribution in [2.24, 2.45) is 44.7 Å². The number of rotatable bonds is 2. The minimum atomic E-state index is -1.92. The molecule has 0 aromatic heterocycles. The molecule has 0 radical (unpaired) electrons. The Morgan fingerprint density at radius 2 is 1.81 bits per heavy atom. The van der Waals surface area contributed by atoms with Crippen LogP contribution in [0.2, 0.25) is 0 Å². The maximum atomic E-state index is 13.1. The second-order valence-corrected chi connectivity index (χ2v) is 25.4. The second kappa shape index (κ2) is 20.1. The Morgan fingerprint density at radius 1 is 1.00 bits per heavy atom. The number of nitrogens with one attached hydrogen (secondary N) is 3. The summed E-state index contributed by atoms with van der Waals surface area (Å²) in [6.45, 7) is 3.41. The maximum absolute atomic E-state index is 13.1. The minimum absolute atomic E-state index is 0.0314. The zero-order chi connectivity index (χ0) is 48.0. The maximum Gasteiger partial charge on any atom is 0.302 e. The molecule has 4 fully saturated rings. The number of phenolic OH excluding ortho intramolecular Hbond substituents is 1. The lowest BCUT2D eigenvalue weighted by Gasteiger charge is -2.58. The van der Waals surface area contributed by atoms with Crippen molar-refractivity contribution in [3.8, 4) is 35.2 Å². The van der Waals surface area contributed by atoms with Crippen LogP contribution in [0.1, 0.15) is 146 Å². The van der Waals surface area contributed by atoms with Gasteiger partial charge in [0, 0.05) is 67.5 Å². The number of carbonyl (C=O) groups is 1. The monoisotopic (exact) mass is 986 g/mol. The quantitative estimate of drug-likeness (QED) is 0.0556. The van der Waals surface area contributed by atoms with Crippen molar-refractivity contribution in [2.45, 2.75) is 188 Å². The molecule has 4 heterocycles. The lowest BCUT2D eigenvalue weighted by Crippen LogP contribution is -2.66. The average Bonchev–Trinajstić information content (AvgIpc) is 3.99. The van der Waals surface area contributed by atoms with Gasteiger partial charge in [0.1, 0.15) is 12.2 Å². The van der Waals surface area contributed by atoms with Gasteiger partial charge in [-0.1, -0.05) is 83.1 Å². The Balaban J connectivity index is 1.17. The molecular weight excluding hydrogens is 911 g/mol. The molecular formula is C54H75N5O8S2. The van der Waals surface area contributed by atoms with Gasteiger partial charge in [0.15, 0.2) is 23.7 Å². The van der Waals surface area contributed by atoms with E-state index in [0.717, 1.165) is 25.0 Å². The molecule has 8 bridgehead atoms. The van der Waals surface area contributed by atoms with E-state index in [1.165, 1.54) is 64.4 Å². The molecule has 69 heavy (non-hydrogen) atoms. The summed E-state index contributed by atoms with van der Waals surface area (Å²) in [7, 11) is 3.78. The van der Waals surface area contributed by atoms with Crippen molar-refractivity contribution >= 4 is 33.5 Å². The number of fused-ring (bicyclic) bond motifs is 5. The number of hydrogen-bond donors (Lipinski definition) is 9. The molecule has 1 saturated heterocycles. The Bertz CT molecular complexity index is 2260. The summed E-state index contributed by atoms with van der Waals surface area (Å²) >= 11 is 0. The fourth-order valence-electron chi connectivity index (χ4n) is 15.0. The van der Waals surface area contributed by atoms with E-state index >= 15 is 0 Å². The van der Waals surface area contributed by atoms with Crippen molar-refractivity contribution < 1.29 is 39.8 Å². The van der Waals surface area contributed by atoms with Crippen LogP contribution in [0.15, 0.2) is 29.3 Å². The van der Waals surface area contributed by atoms with Gasteiger partial charge in [-0.05, 0) is 125 Å². The Kier molecular flexibility index (Phi) is 14.4. The molecule has 5 aliphatic carbocycles. The van der Waals surface area contributed by atoms with E-state index in [0.29, 0.717) is 69.7 Å². The van der Waals surface area contributed by atoms with E-state index < -0.39 is 59.4 Å². The van der Waals surface area contributed by atoms with E-state index in [2.05, 4.69) is 39.6 Å². The van der Waals surface area contributed by atoms with Gasteiger partial charge in [0.25, 0.3) is 0 Å². The summed E-state index contributed by atoms with van der Waals surface area (Å²) in [6.07, 6.45) is 16.1. The zero-order valence-corrected chi connectivity index (χ0v) is 42.0. The van der Waals surface area contributed by atoms with Gasteiger partial charge in [-0.3, -0.25) is 4.79 Å². The standard InChI is InChI=1S/C54H75N5O8S2/c1-34(60)66-44-26-38(61)12-19-53-18-11-36-23-35-9-10-40(30-56-32-52(28-35)29-39(13-22-57-52)67-45-25-37(24-41(36)44)42(48(64)65)27-43(45)62)69-68-33-54(59-49(55)58-46(53)7-6-8-47(53)63)31-50(14-2-3-15-50)20-21-51(54)16-4-5-17-51/h6-7,25,27,35-36,38-41,44,46-48,56-57,61-65H,2-5,8,12-17,19-24,26,28-33H2,1H3,(H3,55,58,59). The second-order valence-electron chi connectivity index (χ2n) is 22.8. The Hall–Kier alpha value is -3.12. The highest BCUT2D eigenvalue weighted by molar-refractivity contribution is 8.77. The lowest BCUT2D eigenvalue weighted by molar-refractivity contribution is -0.152. The molecule has 1 aromatic rings. The molecule has 376 valence electrons. The van der Waals surface area contributed by atoms with Crippen LogP contribution < -0.4 is 26.4 Å². The number of phenols is 1. The summed E-state index contributed by atoms with van der Waals surface area (Å²) in [4.78, 5) is 18.5. The van der Waals surface area contributed by atoms with Crippen molar-refractivity contribution in [2.75, 3.05) is 25.4 Å². The van der Waals surface area contributed by atoms with Crippen LogP contribution in [-0.2, 0) is 16.0 Å². The summed E-state index contributed by atoms with van der Waals surface area (Å²) < 4.78 is 13.0. The van der Waals surface area contributed by atoms with E-state index in [1.807, 2.05) is 33.7 Å². The predicted octanol–water partition coefficient (Wildman–Crippen LogP) is 5.90.